The summed E-state index contributed by atoms with van der Waals surface area (Å²) in [7, 11) is 0. The van der Waals surface area contributed by atoms with Crippen LogP contribution in [0.25, 0.3) is 68.0 Å². The highest BCUT2D eigenvalue weighted by molar-refractivity contribution is 6.38. The molecule has 0 radical (unpaired) electrons. The minimum Gasteiger partial charge on any atom is -0.459 e. The van der Waals surface area contributed by atoms with Gasteiger partial charge in [0.25, 0.3) is 5.92 Å². The van der Waals surface area contributed by atoms with Crippen LogP contribution in [-0.4, -0.2) is 131 Å². The second-order valence-electron chi connectivity index (χ2n) is 36.7. The first-order chi connectivity index (χ1) is 61.4. The van der Waals surface area contributed by atoms with Crippen LogP contribution in [0.1, 0.15) is 225 Å². The number of rotatable bonds is 20. The van der Waals surface area contributed by atoms with Gasteiger partial charge in [-0.2, -0.15) is 0 Å². The van der Waals surface area contributed by atoms with Gasteiger partial charge >= 0.3 is 0 Å². The van der Waals surface area contributed by atoms with Crippen LogP contribution in [0.3, 0.4) is 0 Å². The molecule has 0 spiro atoms. The Kier molecular flexibility index (Phi) is 31.4. The third kappa shape index (κ3) is 23.3. The highest BCUT2D eigenvalue weighted by Gasteiger charge is 2.47. The monoisotopic (exact) mass is 1950 g/mol. The molecule has 132 heavy (non-hydrogen) atoms. The number of nitrogens with zero attached hydrogens (tertiary/aromatic N) is 4. The summed E-state index contributed by atoms with van der Waals surface area (Å²) in [5.74, 6) is -4.22. The van der Waals surface area contributed by atoms with E-state index >= 15 is 4.39 Å². The summed E-state index contributed by atoms with van der Waals surface area (Å²) in [6.45, 7) is 23.8. The predicted molar refractivity (Wildman–Crippen MR) is 520 cm³/mol. The van der Waals surface area contributed by atoms with Crippen LogP contribution >= 0.6 is 81.2 Å². The number of benzene rings is 8. The lowest BCUT2D eigenvalue weighted by Crippen LogP contribution is -2.48. The molecule has 3 N–H and O–H groups in total. The normalized spacial score (nSPS) is 19.3. The zero-order valence-electron chi connectivity index (χ0n) is 74.9. The standard InChI is InChI=1S/C26H26Cl2F2N2O.C26H26Cl2FNO2.C26H26ClF3N2O.C25H23Cl2F3N2O.CH4/c1-14-9-19-18-12-17(29)7-8-22(18)31-24(19)25(32(14)13-26(3,4)30)23-20(27)10-16(11-21(23)28)6-5-15(2)33;1-15-11-19-18-7-5-6-8-22(18)32-25(19)24(30(15)14-26(3,4)29)23-20(27)12-17(13-21(23)28)10-9-16(2)31;1-14-9-19-18-12-17(28)7-8-22(18)31-24(19)25(32(14)13-26(3,4)30)23-20(27)10-16(11-21(23)29)6-5-15(2)33;1-13-8-18-17-11-16(28)6-7-21(17)31-23(18)24(32(13)12-25(3,29)30)22-19(26)9-15(10-20(22)27)5-4-14(2)33;/h5-8,10-12,14,25,31H,9,13H2,1-4H3;5-10,12-13,15,24H,11,14H2,1-4H3;5-8,10-12,14,25,31H,9,13H2,1-4H3;4-7,9-11,13,24,31H,8,12H2,1-3H3;1H4/b6-5+;10-9+;6-5+;5-4+;. The molecule has 0 aliphatic carbocycles. The molecule has 0 saturated heterocycles. The van der Waals surface area contributed by atoms with E-state index in [-0.39, 0.29) is 102 Å². The molecule has 12 nitrogen and oxygen atoms in total. The van der Waals surface area contributed by atoms with Crippen LogP contribution in [0.4, 0.5) is 39.5 Å². The maximum absolute atomic E-state index is 15.6. The molecule has 698 valence electrons. The molecular weight excluding hydrogens is 1850 g/mol. The van der Waals surface area contributed by atoms with Crippen molar-refractivity contribution in [3.05, 3.63) is 300 Å². The van der Waals surface area contributed by atoms with Gasteiger partial charge < -0.3 is 19.4 Å². The van der Waals surface area contributed by atoms with Gasteiger partial charge in [-0.25, -0.2) is 39.5 Å². The molecule has 28 heteroatoms. The summed E-state index contributed by atoms with van der Waals surface area (Å²) in [4.78, 5) is 63.0. The number of allylic oxidation sites excluding steroid dienone is 4. The van der Waals surface area contributed by atoms with E-state index in [1.165, 1.54) is 114 Å². The maximum atomic E-state index is 15.6. The average Bonchev–Trinajstić information content (AvgIpc) is 1.56. The minimum atomic E-state index is -2.95. The molecule has 0 amide bonds. The molecular formula is C104H105Cl7F9N7O5. The average molecular weight is 1950 g/mol. The predicted octanol–water partition coefficient (Wildman–Crippen LogP) is 29.4. The van der Waals surface area contributed by atoms with Crippen LogP contribution < -0.4 is 0 Å². The van der Waals surface area contributed by atoms with E-state index in [1.807, 2.05) is 43.9 Å². The number of nitrogens with one attached hydrogen (secondary N) is 3. The number of para-hydroxylation sites is 1. The molecule has 0 bridgehead atoms. The van der Waals surface area contributed by atoms with Crippen molar-refractivity contribution in [2.75, 3.05) is 26.2 Å². The zero-order valence-corrected chi connectivity index (χ0v) is 80.2. The van der Waals surface area contributed by atoms with Crippen molar-refractivity contribution in [3.63, 3.8) is 0 Å². The molecule has 8 unspecified atom stereocenters. The van der Waals surface area contributed by atoms with Gasteiger partial charge in [0.2, 0.25) is 0 Å². The number of H-pyrrole nitrogens is 3. The van der Waals surface area contributed by atoms with Crippen molar-refractivity contribution in [1.82, 2.24) is 34.6 Å². The first-order valence-corrected chi connectivity index (χ1v) is 45.6. The van der Waals surface area contributed by atoms with Crippen molar-refractivity contribution in [2.24, 2.45) is 0 Å². The Bertz CT molecular complexity index is 5990. The molecule has 12 aromatic rings. The molecule has 8 aromatic carbocycles. The van der Waals surface area contributed by atoms with Gasteiger partial charge in [0.15, 0.2) is 23.1 Å². The van der Waals surface area contributed by atoms with Gasteiger partial charge in [-0.1, -0.05) is 131 Å². The molecule has 4 aromatic heterocycles. The number of hydrogen-bond acceptors (Lipinski definition) is 9. The first kappa shape index (κ1) is 102. The van der Waals surface area contributed by atoms with E-state index < -0.39 is 59.5 Å². The fraction of sp³-hybridized carbons (Fsp3) is 0.346. The van der Waals surface area contributed by atoms with Crippen LogP contribution in [0.2, 0.25) is 35.2 Å². The summed E-state index contributed by atoms with van der Waals surface area (Å²) in [6.07, 6.45) is 14.5. The number of ketones is 4. The fourth-order valence-electron chi connectivity index (χ4n) is 18.5. The third-order valence-corrected chi connectivity index (χ3v) is 26.0. The summed E-state index contributed by atoms with van der Waals surface area (Å²) in [5, 5.41) is 5.84. The number of aromatic amines is 3. The summed E-state index contributed by atoms with van der Waals surface area (Å²) >= 11 is 47.0. The number of hydrogen-bond donors (Lipinski definition) is 3. The van der Waals surface area contributed by atoms with Gasteiger partial charge in [0.05, 0.1) is 30.7 Å². The van der Waals surface area contributed by atoms with Crippen LogP contribution in [0.15, 0.2) is 156 Å². The van der Waals surface area contributed by atoms with E-state index in [1.54, 1.807) is 111 Å². The molecule has 4 aliphatic rings. The van der Waals surface area contributed by atoms with Gasteiger partial charge in [0.1, 0.15) is 51.6 Å². The molecule has 16 rings (SSSR count). The number of carbonyl (C=O) groups excluding carboxylic acids is 4. The highest BCUT2D eigenvalue weighted by Crippen LogP contribution is 2.53. The van der Waals surface area contributed by atoms with Gasteiger partial charge in [-0.15, -0.1) is 0 Å². The molecule has 8 atom stereocenters. The molecule has 4 aliphatic heterocycles. The van der Waals surface area contributed by atoms with E-state index in [4.69, 9.17) is 85.6 Å². The lowest BCUT2D eigenvalue weighted by Gasteiger charge is -2.43. The Labute approximate surface area is 798 Å². The smallest absolute Gasteiger partial charge is 0.257 e. The topological polar surface area (TPSA) is 142 Å². The number of carbonyl (C=O) groups is 4. The van der Waals surface area contributed by atoms with E-state index in [0.29, 0.717) is 94.2 Å². The Hall–Kier alpha value is -9.20. The number of alkyl halides is 5. The van der Waals surface area contributed by atoms with Gasteiger partial charge in [0, 0.05) is 169 Å². The van der Waals surface area contributed by atoms with Crippen LogP contribution in [0.5, 0.6) is 0 Å². The van der Waals surface area contributed by atoms with Gasteiger partial charge in [-0.3, -0.25) is 38.8 Å². The summed E-state index contributed by atoms with van der Waals surface area (Å²) in [5.41, 5.74) is 9.26. The Balaban J connectivity index is 0.000000158. The van der Waals surface area contributed by atoms with Crippen molar-refractivity contribution in [2.45, 2.75) is 208 Å². The quantitative estimate of drug-likeness (QED) is 0.0502. The third-order valence-electron chi connectivity index (χ3n) is 23.8. The Morgan fingerprint density at radius 3 is 0.947 bits per heavy atom. The zero-order chi connectivity index (χ0) is 95.4. The SMILES string of the molecule is C.CC(=O)/C=C/c1cc(Cl)c(C2c3[nH]c4ccc(F)cc4c3CC(C)N2CC(C)(C)F)c(Cl)c1.CC(=O)/C=C/c1cc(Cl)c(C2c3[nH]c4ccc(F)cc4c3CC(C)N2CC(C)(F)F)c(Cl)c1.CC(=O)/C=C/c1cc(Cl)c(C2c3oc4ccccc4c3CC(C)N2CC(C)(C)F)c(Cl)c1.CC(=O)/C=C/c1cc(F)c(C2c3[nH]c4ccc(F)cc4c3CC(C)N2CC(C)(C)F)c(Cl)c1. The van der Waals surface area contributed by atoms with Crippen molar-refractivity contribution in [1.29, 1.82) is 0 Å². The lowest BCUT2D eigenvalue weighted by molar-refractivity contribution is -0.113. The van der Waals surface area contributed by atoms with Crippen LogP contribution in [0, 0.1) is 23.3 Å². The first-order valence-electron chi connectivity index (χ1n) is 43.0. The second-order valence-corrected chi connectivity index (χ2v) is 39.5. The Morgan fingerprint density at radius 2 is 0.644 bits per heavy atom. The highest BCUT2D eigenvalue weighted by atomic mass is 35.5. The number of furan rings is 1. The van der Waals surface area contributed by atoms with E-state index in [2.05, 4.69) is 37.7 Å². The molecule has 0 saturated carbocycles. The van der Waals surface area contributed by atoms with E-state index in [0.717, 1.165) is 96.3 Å². The van der Waals surface area contributed by atoms with Crippen molar-refractivity contribution in [3.8, 4) is 0 Å². The summed E-state index contributed by atoms with van der Waals surface area (Å²) < 4.78 is 137. The van der Waals surface area contributed by atoms with Gasteiger partial charge in [-0.05, 0) is 295 Å². The van der Waals surface area contributed by atoms with Crippen molar-refractivity contribution >= 4 is 172 Å². The minimum absolute atomic E-state index is 0. The molecule has 8 heterocycles. The summed E-state index contributed by atoms with van der Waals surface area (Å²) in [6, 6.07) is 32.2. The number of halogens is 16. The Morgan fingerprint density at radius 1 is 0.371 bits per heavy atom. The largest absolute Gasteiger partial charge is 0.459 e. The number of aromatic nitrogens is 3. The van der Waals surface area contributed by atoms with Crippen LogP contribution in [-0.2, 0) is 44.9 Å². The van der Waals surface area contributed by atoms with E-state index in [9.17, 15) is 54.3 Å². The number of fused-ring (bicyclic) bond motifs is 12. The maximum Gasteiger partial charge on any atom is 0.257 e. The fourth-order valence-corrected chi connectivity index (χ4v) is 20.9. The van der Waals surface area contributed by atoms with Crippen molar-refractivity contribution < 1.29 is 63.1 Å². The molecule has 0 fully saturated rings. The second kappa shape index (κ2) is 40.8. The lowest BCUT2D eigenvalue weighted by atomic mass is 9.87.